The van der Waals surface area contributed by atoms with Gasteiger partial charge in [0.1, 0.15) is 0 Å². The van der Waals surface area contributed by atoms with E-state index in [1.807, 2.05) is 18.8 Å². The molecule has 0 heterocycles. The van der Waals surface area contributed by atoms with Crippen LogP contribution in [0.25, 0.3) is 0 Å². The van der Waals surface area contributed by atoms with Crippen molar-refractivity contribution in [2.75, 3.05) is 19.4 Å². The number of likely N-dealkylation sites (N-methyl/N-ethyl adjacent to an activating group) is 1. The minimum atomic E-state index is -0.0903. The molecule has 2 nitrogen and oxygen atoms in total. The number of aliphatic hydroxyl groups excluding tert-OH is 1. The molecule has 0 aliphatic heterocycles. The summed E-state index contributed by atoms with van der Waals surface area (Å²) in [5.74, 6) is 1.59. The fourth-order valence-corrected chi connectivity index (χ4v) is 3.56. The first-order valence-electron chi connectivity index (χ1n) is 6.20. The van der Waals surface area contributed by atoms with E-state index in [1.54, 1.807) is 0 Å². The van der Waals surface area contributed by atoms with Crippen LogP contribution < -0.4 is 5.32 Å². The Balaban J connectivity index is 2.02. The minimum absolute atomic E-state index is 0.0903. The fourth-order valence-electron chi connectivity index (χ4n) is 2.21. The molecule has 0 spiro atoms. The highest BCUT2D eigenvalue weighted by Crippen LogP contribution is 2.42. The first-order valence-corrected chi connectivity index (χ1v) is 7.18. The van der Waals surface area contributed by atoms with Gasteiger partial charge in [0.2, 0.25) is 0 Å². The number of hydrogen-bond donors (Lipinski definition) is 2. The van der Waals surface area contributed by atoms with Crippen molar-refractivity contribution >= 4 is 11.8 Å². The number of nitrogens with one attached hydrogen (secondary N) is 1. The maximum Gasteiger partial charge on any atom is 0.0624 e. The van der Waals surface area contributed by atoms with Crippen LogP contribution in [0.4, 0.5) is 0 Å². The van der Waals surface area contributed by atoms with Gasteiger partial charge in [-0.15, -0.1) is 11.8 Å². The van der Waals surface area contributed by atoms with Gasteiger partial charge >= 0.3 is 0 Å². The maximum atomic E-state index is 9.66. The molecule has 1 aromatic rings. The lowest BCUT2D eigenvalue weighted by Gasteiger charge is -2.31. The molecule has 1 unspecified atom stereocenters. The average Bonchev–Trinajstić information content (AvgIpc) is 3.18. The summed E-state index contributed by atoms with van der Waals surface area (Å²) in [4.78, 5) is 1.32. The summed E-state index contributed by atoms with van der Waals surface area (Å²) in [7, 11) is 1.97. The Morgan fingerprint density at radius 3 is 2.65 bits per heavy atom. The van der Waals surface area contributed by atoms with Crippen molar-refractivity contribution in [1.29, 1.82) is 0 Å². The molecule has 0 saturated heterocycles. The SMILES string of the molecule is CNC(CO)(CSc1ccccc1C)C1CC1. The third kappa shape index (κ3) is 2.84. The second kappa shape index (κ2) is 5.42. The fraction of sp³-hybridized carbons (Fsp3) is 0.571. The Morgan fingerprint density at radius 2 is 2.12 bits per heavy atom. The van der Waals surface area contributed by atoms with E-state index in [0.29, 0.717) is 5.92 Å². The zero-order chi connectivity index (χ0) is 12.3. The molecule has 0 bridgehead atoms. The molecule has 0 aromatic heterocycles. The standard InChI is InChI=1S/C14H21NOS/c1-11-5-3-4-6-13(11)17-10-14(9-16,15-2)12-7-8-12/h3-6,12,15-16H,7-10H2,1-2H3. The van der Waals surface area contributed by atoms with Gasteiger partial charge in [-0.1, -0.05) is 18.2 Å². The normalized spacial score (nSPS) is 19.0. The Bertz CT molecular complexity index is 372. The van der Waals surface area contributed by atoms with E-state index >= 15 is 0 Å². The molecule has 0 radical (unpaired) electrons. The predicted octanol–water partition coefficient (Wildman–Crippen LogP) is 2.45. The number of aryl methyl sites for hydroxylation is 1. The van der Waals surface area contributed by atoms with E-state index in [0.717, 1.165) is 5.75 Å². The highest BCUT2D eigenvalue weighted by Gasteiger charge is 2.43. The summed E-state index contributed by atoms with van der Waals surface area (Å²) in [5, 5.41) is 13.0. The first kappa shape index (κ1) is 12.9. The van der Waals surface area contributed by atoms with Crippen LogP contribution in [0.3, 0.4) is 0 Å². The number of thioether (sulfide) groups is 1. The topological polar surface area (TPSA) is 32.3 Å². The number of rotatable bonds is 6. The molecule has 1 fully saturated rings. The van der Waals surface area contributed by atoms with E-state index in [-0.39, 0.29) is 12.1 Å². The first-order chi connectivity index (χ1) is 8.22. The highest BCUT2D eigenvalue weighted by molar-refractivity contribution is 7.99. The van der Waals surface area contributed by atoms with E-state index in [4.69, 9.17) is 0 Å². The highest BCUT2D eigenvalue weighted by atomic mass is 32.2. The van der Waals surface area contributed by atoms with E-state index < -0.39 is 0 Å². The van der Waals surface area contributed by atoms with Gasteiger partial charge in [0.25, 0.3) is 0 Å². The van der Waals surface area contributed by atoms with Gasteiger partial charge in [0.05, 0.1) is 12.1 Å². The lowest BCUT2D eigenvalue weighted by Crippen LogP contribution is -2.51. The van der Waals surface area contributed by atoms with Crippen LogP contribution in [0.15, 0.2) is 29.2 Å². The molecule has 1 aliphatic carbocycles. The van der Waals surface area contributed by atoms with Crippen molar-refractivity contribution in [3.05, 3.63) is 29.8 Å². The number of aliphatic hydroxyl groups is 1. The Kier molecular flexibility index (Phi) is 4.13. The Hall–Kier alpha value is -0.510. The zero-order valence-electron chi connectivity index (χ0n) is 10.6. The zero-order valence-corrected chi connectivity index (χ0v) is 11.4. The smallest absolute Gasteiger partial charge is 0.0624 e. The molecule has 94 valence electrons. The van der Waals surface area contributed by atoms with Crippen LogP contribution in [-0.2, 0) is 0 Å². The largest absolute Gasteiger partial charge is 0.394 e. The van der Waals surface area contributed by atoms with Crippen molar-refractivity contribution in [2.45, 2.75) is 30.2 Å². The molecule has 1 saturated carbocycles. The van der Waals surface area contributed by atoms with Crippen LogP contribution in [0.2, 0.25) is 0 Å². The summed E-state index contributed by atoms with van der Waals surface area (Å²) < 4.78 is 0. The van der Waals surface area contributed by atoms with E-state index in [2.05, 4.69) is 36.5 Å². The van der Waals surface area contributed by atoms with Gasteiger partial charge in [0, 0.05) is 10.6 Å². The Labute approximate surface area is 108 Å². The van der Waals surface area contributed by atoms with Gasteiger partial charge in [-0.3, -0.25) is 0 Å². The molecule has 1 aliphatic rings. The van der Waals surface area contributed by atoms with Crippen molar-refractivity contribution < 1.29 is 5.11 Å². The van der Waals surface area contributed by atoms with Crippen LogP contribution in [-0.4, -0.2) is 30.1 Å². The van der Waals surface area contributed by atoms with Crippen molar-refractivity contribution in [3.63, 3.8) is 0 Å². The van der Waals surface area contributed by atoms with E-state index in [9.17, 15) is 5.11 Å². The molecule has 1 aromatic carbocycles. The second-order valence-electron chi connectivity index (χ2n) is 4.89. The predicted molar refractivity (Wildman–Crippen MR) is 73.5 cm³/mol. The molecule has 2 rings (SSSR count). The van der Waals surface area contributed by atoms with Crippen LogP contribution in [0.5, 0.6) is 0 Å². The van der Waals surface area contributed by atoms with Gasteiger partial charge < -0.3 is 10.4 Å². The van der Waals surface area contributed by atoms with Gasteiger partial charge in [-0.05, 0) is 44.4 Å². The third-order valence-electron chi connectivity index (χ3n) is 3.72. The lowest BCUT2D eigenvalue weighted by atomic mass is 9.97. The summed E-state index contributed by atoms with van der Waals surface area (Å²) >= 11 is 1.85. The average molecular weight is 251 g/mol. The quantitative estimate of drug-likeness (QED) is 0.762. The van der Waals surface area contributed by atoms with Gasteiger partial charge in [-0.2, -0.15) is 0 Å². The molecule has 17 heavy (non-hydrogen) atoms. The molecule has 2 N–H and O–H groups in total. The molecule has 1 atom stereocenters. The van der Waals surface area contributed by atoms with Crippen molar-refractivity contribution in [3.8, 4) is 0 Å². The second-order valence-corrected chi connectivity index (χ2v) is 5.91. The molecule has 0 amide bonds. The van der Waals surface area contributed by atoms with Crippen LogP contribution >= 0.6 is 11.8 Å². The molecular weight excluding hydrogens is 230 g/mol. The van der Waals surface area contributed by atoms with E-state index in [1.165, 1.54) is 23.3 Å². The molecule has 3 heteroatoms. The lowest BCUT2D eigenvalue weighted by molar-refractivity contribution is 0.167. The van der Waals surface area contributed by atoms with Crippen molar-refractivity contribution in [2.24, 2.45) is 5.92 Å². The molecular formula is C14H21NOS. The number of hydrogen-bond acceptors (Lipinski definition) is 3. The summed E-state index contributed by atoms with van der Waals surface area (Å²) in [6, 6.07) is 8.44. The van der Waals surface area contributed by atoms with Gasteiger partial charge in [0.15, 0.2) is 0 Å². The summed E-state index contributed by atoms with van der Waals surface area (Å²) in [6.07, 6.45) is 2.49. The summed E-state index contributed by atoms with van der Waals surface area (Å²) in [5.41, 5.74) is 1.23. The minimum Gasteiger partial charge on any atom is -0.394 e. The van der Waals surface area contributed by atoms with Crippen LogP contribution in [0, 0.1) is 12.8 Å². The summed E-state index contributed by atoms with van der Waals surface area (Å²) in [6.45, 7) is 2.37. The Morgan fingerprint density at radius 1 is 1.41 bits per heavy atom. The monoisotopic (exact) mass is 251 g/mol. The third-order valence-corrected chi connectivity index (χ3v) is 5.15. The maximum absolute atomic E-state index is 9.66. The van der Waals surface area contributed by atoms with Gasteiger partial charge in [-0.25, -0.2) is 0 Å². The van der Waals surface area contributed by atoms with Crippen LogP contribution in [0.1, 0.15) is 18.4 Å². The van der Waals surface area contributed by atoms with Crippen molar-refractivity contribution in [1.82, 2.24) is 5.32 Å². The number of benzene rings is 1.